The summed E-state index contributed by atoms with van der Waals surface area (Å²) in [6.45, 7) is 5.07. The Bertz CT molecular complexity index is 928. The van der Waals surface area contributed by atoms with E-state index in [1.54, 1.807) is 0 Å². The number of carbonyl (C=O) groups is 1. The first-order valence-electron chi connectivity index (χ1n) is 13.2. The van der Waals surface area contributed by atoms with Crippen LogP contribution < -0.4 is 10.1 Å². The number of aryl methyl sites for hydroxylation is 1. The van der Waals surface area contributed by atoms with Crippen molar-refractivity contribution in [1.29, 1.82) is 0 Å². The van der Waals surface area contributed by atoms with E-state index in [1.165, 1.54) is 19.3 Å². The Morgan fingerprint density at radius 2 is 1.72 bits per heavy atom. The number of nitrogens with zero attached hydrogens (tertiary/aromatic N) is 3. The molecule has 2 aliphatic rings. The van der Waals surface area contributed by atoms with Crippen molar-refractivity contribution in [3.05, 3.63) is 41.7 Å². The average molecular weight is 538 g/mol. The van der Waals surface area contributed by atoms with Crippen LogP contribution in [0.5, 0.6) is 5.75 Å². The molecular weight excluding hydrogens is 495 g/mol. The van der Waals surface area contributed by atoms with Crippen molar-refractivity contribution >= 4 is 30.7 Å². The second-order valence-electron chi connectivity index (χ2n) is 10.1. The molecule has 1 aromatic heterocycles. The standard InChI is InChI=1S/C28H40N4O2.2ClH/c1-3-4-10-26-25(22-11-13-24(14-12-22)34-23-8-6-5-7-9-23)19-27(31-30-26)28(33)29-20-21-15-17-32(2)18-16-21;;/h11-14,19,21,23H,3-10,15-18,20H2,1-2H3,(H,29,33);2*1H. The van der Waals surface area contributed by atoms with Crippen LogP contribution in [0.3, 0.4) is 0 Å². The first kappa shape index (κ1) is 30.3. The van der Waals surface area contributed by atoms with Crippen molar-refractivity contribution in [2.24, 2.45) is 5.92 Å². The predicted molar refractivity (Wildman–Crippen MR) is 151 cm³/mol. The van der Waals surface area contributed by atoms with E-state index >= 15 is 0 Å². The number of likely N-dealkylation sites (tertiary alicyclic amines) is 1. The zero-order valence-electron chi connectivity index (χ0n) is 21.7. The number of benzene rings is 1. The highest BCUT2D eigenvalue weighted by molar-refractivity contribution is 5.93. The summed E-state index contributed by atoms with van der Waals surface area (Å²) in [5.41, 5.74) is 3.40. The summed E-state index contributed by atoms with van der Waals surface area (Å²) in [6.07, 6.45) is 11.7. The lowest BCUT2D eigenvalue weighted by molar-refractivity contribution is 0.0933. The maximum atomic E-state index is 12.9. The summed E-state index contributed by atoms with van der Waals surface area (Å²) in [4.78, 5) is 15.2. The second-order valence-corrected chi connectivity index (χ2v) is 10.1. The number of piperidine rings is 1. The SMILES string of the molecule is CCCCc1nnc(C(=O)NCC2CCN(C)CC2)cc1-c1ccc(OC2CCCCC2)cc1.Cl.Cl. The van der Waals surface area contributed by atoms with Gasteiger partial charge in [-0.1, -0.05) is 31.9 Å². The Kier molecular flexibility index (Phi) is 13.0. The smallest absolute Gasteiger partial charge is 0.271 e. The van der Waals surface area contributed by atoms with Crippen molar-refractivity contribution in [1.82, 2.24) is 20.4 Å². The Balaban J connectivity index is 0.00000228. The van der Waals surface area contributed by atoms with E-state index in [0.29, 0.717) is 24.3 Å². The Labute approximate surface area is 228 Å². The number of hydrogen-bond acceptors (Lipinski definition) is 5. The van der Waals surface area contributed by atoms with Gasteiger partial charge in [0.25, 0.3) is 5.91 Å². The van der Waals surface area contributed by atoms with Gasteiger partial charge in [-0.05, 0) is 101 Å². The molecular formula is C28H42Cl2N4O2. The lowest BCUT2D eigenvalue weighted by atomic mass is 9.97. The van der Waals surface area contributed by atoms with E-state index in [1.807, 2.05) is 18.2 Å². The molecule has 2 aromatic rings. The van der Waals surface area contributed by atoms with Crippen molar-refractivity contribution in [3.63, 3.8) is 0 Å². The minimum Gasteiger partial charge on any atom is -0.490 e. The fourth-order valence-corrected chi connectivity index (χ4v) is 4.99. The molecule has 8 heteroatoms. The third-order valence-electron chi connectivity index (χ3n) is 7.28. The van der Waals surface area contributed by atoms with Crippen molar-refractivity contribution < 1.29 is 9.53 Å². The number of ether oxygens (including phenoxy) is 1. The third kappa shape index (κ3) is 8.60. The highest BCUT2D eigenvalue weighted by Gasteiger charge is 2.20. The summed E-state index contributed by atoms with van der Waals surface area (Å²) in [6, 6.07) is 10.2. The number of carbonyl (C=O) groups excluding carboxylic acids is 1. The average Bonchev–Trinajstić information content (AvgIpc) is 2.88. The van der Waals surface area contributed by atoms with Crippen LogP contribution in [0.25, 0.3) is 11.1 Å². The Morgan fingerprint density at radius 1 is 1.03 bits per heavy atom. The maximum Gasteiger partial charge on any atom is 0.271 e. The molecule has 1 amide bonds. The highest BCUT2D eigenvalue weighted by atomic mass is 35.5. The third-order valence-corrected chi connectivity index (χ3v) is 7.28. The van der Waals surface area contributed by atoms with Gasteiger partial charge in [0.2, 0.25) is 0 Å². The zero-order chi connectivity index (χ0) is 23.8. The fraction of sp³-hybridized carbons (Fsp3) is 0.607. The number of nitrogens with one attached hydrogen (secondary N) is 1. The number of amides is 1. The molecule has 2 fully saturated rings. The topological polar surface area (TPSA) is 67.4 Å². The number of aromatic nitrogens is 2. The lowest BCUT2D eigenvalue weighted by Gasteiger charge is -2.28. The highest BCUT2D eigenvalue weighted by Crippen LogP contribution is 2.28. The number of rotatable bonds is 9. The molecule has 0 bridgehead atoms. The van der Waals surface area contributed by atoms with Gasteiger partial charge in [-0.25, -0.2) is 0 Å². The van der Waals surface area contributed by atoms with Crippen LogP contribution in [0.1, 0.15) is 80.9 Å². The molecule has 1 saturated heterocycles. The first-order valence-corrected chi connectivity index (χ1v) is 13.2. The van der Waals surface area contributed by atoms with Gasteiger partial charge in [-0.3, -0.25) is 4.79 Å². The van der Waals surface area contributed by atoms with E-state index in [2.05, 4.69) is 46.5 Å². The summed E-state index contributed by atoms with van der Waals surface area (Å²) >= 11 is 0. The molecule has 1 aromatic carbocycles. The molecule has 6 nitrogen and oxygen atoms in total. The Morgan fingerprint density at radius 3 is 2.39 bits per heavy atom. The van der Waals surface area contributed by atoms with Gasteiger partial charge in [-0.15, -0.1) is 29.9 Å². The summed E-state index contributed by atoms with van der Waals surface area (Å²) < 4.78 is 6.20. The Hall–Kier alpha value is -1.89. The molecule has 4 rings (SSSR count). The molecule has 0 atom stereocenters. The van der Waals surface area contributed by atoms with Crippen LogP contribution in [0.15, 0.2) is 30.3 Å². The van der Waals surface area contributed by atoms with Crippen LogP contribution in [-0.2, 0) is 6.42 Å². The first-order chi connectivity index (χ1) is 16.6. The van der Waals surface area contributed by atoms with E-state index in [9.17, 15) is 4.79 Å². The molecule has 0 spiro atoms. The summed E-state index contributed by atoms with van der Waals surface area (Å²) in [5.74, 6) is 1.32. The molecule has 2 heterocycles. The zero-order valence-corrected chi connectivity index (χ0v) is 23.3. The van der Waals surface area contributed by atoms with Gasteiger partial charge < -0.3 is 15.0 Å². The minimum atomic E-state index is -0.132. The fourth-order valence-electron chi connectivity index (χ4n) is 4.99. The van der Waals surface area contributed by atoms with E-state index in [4.69, 9.17) is 4.74 Å². The normalized spacial score (nSPS) is 17.1. The molecule has 1 aliphatic heterocycles. The number of unbranched alkanes of at least 4 members (excludes halogenated alkanes) is 1. The van der Waals surface area contributed by atoms with Crippen LogP contribution >= 0.6 is 24.8 Å². The van der Waals surface area contributed by atoms with Crippen molar-refractivity contribution in [2.75, 3.05) is 26.7 Å². The lowest BCUT2D eigenvalue weighted by Crippen LogP contribution is -2.37. The van der Waals surface area contributed by atoms with Crippen LogP contribution in [0.4, 0.5) is 0 Å². The van der Waals surface area contributed by atoms with E-state index in [0.717, 1.165) is 80.6 Å². The van der Waals surface area contributed by atoms with Gasteiger partial charge in [0.05, 0.1) is 11.8 Å². The summed E-state index contributed by atoms with van der Waals surface area (Å²) in [7, 11) is 2.15. The van der Waals surface area contributed by atoms with Crippen LogP contribution in [0.2, 0.25) is 0 Å². The molecule has 1 N–H and O–H groups in total. The minimum absolute atomic E-state index is 0. The van der Waals surface area contributed by atoms with Crippen LogP contribution in [-0.4, -0.2) is 53.8 Å². The van der Waals surface area contributed by atoms with Crippen molar-refractivity contribution in [2.45, 2.75) is 77.2 Å². The van der Waals surface area contributed by atoms with Gasteiger partial charge in [0, 0.05) is 12.1 Å². The quantitative estimate of drug-likeness (QED) is 0.418. The monoisotopic (exact) mass is 536 g/mol. The molecule has 200 valence electrons. The second kappa shape index (κ2) is 15.4. The van der Waals surface area contributed by atoms with Crippen molar-refractivity contribution in [3.8, 4) is 16.9 Å². The van der Waals surface area contributed by atoms with E-state index in [-0.39, 0.29) is 30.7 Å². The van der Waals surface area contributed by atoms with Gasteiger partial charge in [0.15, 0.2) is 5.69 Å². The predicted octanol–water partition coefficient (Wildman–Crippen LogP) is 6.11. The van der Waals surface area contributed by atoms with Gasteiger partial charge >= 0.3 is 0 Å². The van der Waals surface area contributed by atoms with Gasteiger partial charge in [-0.2, -0.15) is 5.10 Å². The molecule has 1 aliphatic carbocycles. The largest absolute Gasteiger partial charge is 0.490 e. The molecule has 36 heavy (non-hydrogen) atoms. The molecule has 1 saturated carbocycles. The molecule has 0 unspecified atom stereocenters. The number of halogens is 2. The van der Waals surface area contributed by atoms with E-state index < -0.39 is 0 Å². The van der Waals surface area contributed by atoms with Gasteiger partial charge in [0.1, 0.15) is 5.75 Å². The molecule has 0 radical (unpaired) electrons. The maximum absolute atomic E-state index is 12.9. The summed E-state index contributed by atoms with van der Waals surface area (Å²) in [5, 5.41) is 11.9. The number of hydrogen-bond donors (Lipinski definition) is 1. The van der Waals surface area contributed by atoms with Crippen LogP contribution in [0, 0.1) is 5.92 Å².